The first-order chi connectivity index (χ1) is 12.9. The SMILES string of the molecule is CCc1ccc(OCC(=O)NNC(=O)C(C)Oc2cccc(C)c2)c(Br)c1. The number of ether oxygens (including phenoxy) is 2. The standard InChI is InChI=1S/C20H23BrN2O4/c1-4-15-8-9-18(17(21)11-15)26-12-19(24)22-23-20(25)14(3)27-16-7-5-6-13(2)10-16/h5-11,14H,4,12H2,1-3H3,(H,22,24)(H,23,25). The second-order valence-corrected chi connectivity index (χ2v) is 6.88. The Morgan fingerprint density at radius 2 is 1.93 bits per heavy atom. The summed E-state index contributed by atoms with van der Waals surface area (Å²) < 4.78 is 11.8. The molecule has 7 heteroatoms. The quantitative estimate of drug-likeness (QED) is 0.655. The summed E-state index contributed by atoms with van der Waals surface area (Å²) in [6, 6.07) is 13.1. The van der Waals surface area contributed by atoms with Crippen molar-refractivity contribution in [1.82, 2.24) is 10.9 Å². The minimum Gasteiger partial charge on any atom is -0.483 e. The van der Waals surface area contributed by atoms with Crippen LogP contribution in [0.4, 0.5) is 0 Å². The maximum atomic E-state index is 12.0. The highest BCUT2D eigenvalue weighted by molar-refractivity contribution is 9.10. The molecule has 0 radical (unpaired) electrons. The molecule has 2 N–H and O–H groups in total. The topological polar surface area (TPSA) is 76.7 Å². The van der Waals surface area contributed by atoms with E-state index in [1.54, 1.807) is 19.1 Å². The third-order valence-electron chi connectivity index (χ3n) is 3.76. The molecule has 0 bridgehead atoms. The van der Waals surface area contributed by atoms with E-state index in [2.05, 4.69) is 33.7 Å². The van der Waals surface area contributed by atoms with Gasteiger partial charge in [0.25, 0.3) is 11.8 Å². The van der Waals surface area contributed by atoms with Crippen molar-refractivity contribution in [2.24, 2.45) is 0 Å². The van der Waals surface area contributed by atoms with Crippen LogP contribution in [0, 0.1) is 6.92 Å². The molecule has 2 aromatic rings. The van der Waals surface area contributed by atoms with Crippen LogP contribution in [0.2, 0.25) is 0 Å². The molecule has 0 saturated carbocycles. The highest BCUT2D eigenvalue weighted by atomic mass is 79.9. The summed E-state index contributed by atoms with van der Waals surface area (Å²) in [5.74, 6) is 0.216. The number of amides is 2. The predicted octanol–water partition coefficient (Wildman–Crippen LogP) is 3.31. The molecule has 0 aliphatic rings. The number of hydrogen-bond acceptors (Lipinski definition) is 4. The van der Waals surface area contributed by atoms with Crippen molar-refractivity contribution in [2.75, 3.05) is 6.61 Å². The summed E-state index contributed by atoms with van der Waals surface area (Å²) in [5.41, 5.74) is 6.84. The second-order valence-electron chi connectivity index (χ2n) is 6.02. The molecular weight excluding hydrogens is 412 g/mol. The summed E-state index contributed by atoms with van der Waals surface area (Å²) in [6.07, 6.45) is 0.151. The molecule has 0 aliphatic carbocycles. The van der Waals surface area contributed by atoms with Gasteiger partial charge in [-0.2, -0.15) is 0 Å². The van der Waals surface area contributed by atoms with E-state index in [0.29, 0.717) is 11.5 Å². The van der Waals surface area contributed by atoms with Gasteiger partial charge in [-0.3, -0.25) is 20.4 Å². The molecule has 0 aliphatic heterocycles. The molecule has 27 heavy (non-hydrogen) atoms. The summed E-state index contributed by atoms with van der Waals surface area (Å²) in [5, 5.41) is 0. The number of hydrazine groups is 1. The lowest BCUT2D eigenvalue weighted by molar-refractivity contribution is -0.133. The van der Waals surface area contributed by atoms with E-state index in [1.165, 1.54) is 0 Å². The van der Waals surface area contributed by atoms with E-state index < -0.39 is 17.9 Å². The molecular formula is C20H23BrN2O4. The van der Waals surface area contributed by atoms with Gasteiger partial charge in [0, 0.05) is 0 Å². The van der Waals surface area contributed by atoms with Crippen LogP contribution in [0.1, 0.15) is 25.0 Å². The number of carbonyl (C=O) groups excluding carboxylic acids is 2. The third-order valence-corrected chi connectivity index (χ3v) is 4.38. The van der Waals surface area contributed by atoms with Crippen molar-refractivity contribution in [3.8, 4) is 11.5 Å². The highest BCUT2D eigenvalue weighted by Crippen LogP contribution is 2.26. The minimum atomic E-state index is -0.760. The van der Waals surface area contributed by atoms with Gasteiger partial charge in [0.1, 0.15) is 11.5 Å². The molecule has 2 amide bonds. The van der Waals surface area contributed by atoms with Crippen molar-refractivity contribution in [1.29, 1.82) is 0 Å². The molecule has 1 unspecified atom stereocenters. The van der Waals surface area contributed by atoms with E-state index in [4.69, 9.17) is 9.47 Å². The summed E-state index contributed by atoms with van der Waals surface area (Å²) in [4.78, 5) is 23.9. The smallest absolute Gasteiger partial charge is 0.279 e. The van der Waals surface area contributed by atoms with Crippen LogP contribution < -0.4 is 20.3 Å². The zero-order chi connectivity index (χ0) is 19.8. The number of rotatable bonds is 7. The Bertz CT molecular complexity index is 810. The van der Waals surface area contributed by atoms with Gasteiger partial charge in [-0.25, -0.2) is 0 Å². The Morgan fingerprint density at radius 1 is 1.15 bits per heavy atom. The predicted molar refractivity (Wildman–Crippen MR) is 107 cm³/mol. The maximum absolute atomic E-state index is 12.0. The van der Waals surface area contributed by atoms with E-state index in [0.717, 1.165) is 22.0 Å². The first-order valence-electron chi connectivity index (χ1n) is 8.62. The highest BCUT2D eigenvalue weighted by Gasteiger charge is 2.15. The largest absolute Gasteiger partial charge is 0.483 e. The number of hydrogen-bond donors (Lipinski definition) is 2. The van der Waals surface area contributed by atoms with Gasteiger partial charge in [-0.05, 0) is 71.6 Å². The van der Waals surface area contributed by atoms with Gasteiger partial charge in [-0.1, -0.05) is 25.1 Å². The lowest BCUT2D eigenvalue weighted by Gasteiger charge is -2.15. The monoisotopic (exact) mass is 434 g/mol. The lowest BCUT2D eigenvalue weighted by Crippen LogP contribution is -2.48. The first-order valence-corrected chi connectivity index (χ1v) is 9.41. The van der Waals surface area contributed by atoms with Crippen LogP contribution in [0.25, 0.3) is 0 Å². The van der Waals surface area contributed by atoms with E-state index in [-0.39, 0.29) is 6.61 Å². The molecule has 0 aromatic heterocycles. The van der Waals surface area contributed by atoms with Gasteiger partial charge in [0.05, 0.1) is 4.47 Å². The fourth-order valence-corrected chi connectivity index (χ4v) is 2.78. The molecule has 1 atom stereocenters. The number of benzene rings is 2. The first kappa shape index (κ1) is 20.8. The van der Waals surface area contributed by atoms with Crippen LogP contribution in [0.3, 0.4) is 0 Å². The summed E-state index contributed by atoms with van der Waals surface area (Å²) in [6.45, 7) is 5.37. The second kappa shape index (κ2) is 9.97. The van der Waals surface area contributed by atoms with Gasteiger partial charge in [-0.15, -0.1) is 0 Å². The van der Waals surface area contributed by atoms with E-state index in [1.807, 2.05) is 37.3 Å². The van der Waals surface area contributed by atoms with Crippen molar-refractivity contribution in [2.45, 2.75) is 33.3 Å². The molecule has 0 heterocycles. The Morgan fingerprint density at radius 3 is 2.59 bits per heavy atom. The third kappa shape index (κ3) is 6.60. The van der Waals surface area contributed by atoms with Crippen LogP contribution in [0.15, 0.2) is 46.9 Å². The number of halogens is 1. The molecule has 0 saturated heterocycles. The normalized spacial score (nSPS) is 11.4. The average Bonchev–Trinajstić information content (AvgIpc) is 2.64. The van der Waals surface area contributed by atoms with Crippen molar-refractivity contribution in [3.63, 3.8) is 0 Å². The molecule has 2 aromatic carbocycles. The Kier molecular flexibility index (Phi) is 7.67. The zero-order valence-corrected chi connectivity index (χ0v) is 17.1. The van der Waals surface area contributed by atoms with Crippen molar-refractivity contribution in [3.05, 3.63) is 58.1 Å². The Balaban J connectivity index is 1.76. The van der Waals surface area contributed by atoms with E-state index >= 15 is 0 Å². The van der Waals surface area contributed by atoms with Gasteiger partial charge in [0.15, 0.2) is 12.7 Å². The number of nitrogens with one attached hydrogen (secondary N) is 2. The van der Waals surface area contributed by atoms with Crippen LogP contribution in [0.5, 0.6) is 11.5 Å². The number of carbonyl (C=O) groups is 2. The Hall–Kier alpha value is -2.54. The van der Waals surface area contributed by atoms with Crippen LogP contribution in [-0.4, -0.2) is 24.5 Å². The van der Waals surface area contributed by atoms with E-state index in [9.17, 15) is 9.59 Å². The Labute approximate surface area is 167 Å². The van der Waals surface area contributed by atoms with Gasteiger partial charge >= 0.3 is 0 Å². The molecule has 2 rings (SSSR count). The minimum absolute atomic E-state index is 0.225. The van der Waals surface area contributed by atoms with Gasteiger partial charge < -0.3 is 9.47 Å². The maximum Gasteiger partial charge on any atom is 0.279 e. The number of aryl methyl sites for hydroxylation is 2. The summed E-state index contributed by atoms with van der Waals surface area (Å²) >= 11 is 3.41. The van der Waals surface area contributed by atoms with Crippen LogP contribution >= 0.6 is 15.9 Å². The molecule has 144 valence electrons. The van der Waals surface area contributed by atoms with Gasteiger partial charge in [0.2, 0.25) is 0 Å². The van der Waals surface area contributed by atoms with Crippen molar-refractivity contribution < 1.29 is 19.1 Å². The molecule has 6 nitrogen and oxygen atoms in total. The van der Waals surface area contributed by atoms with Crippen LogP contribution in [-0.2, 0) is 16.0 Å². The lowest BCUT2D eigenvalue weighted by atomic mass is 10.2. The fraction of sp³-hybridized carbons (Fsp3) is 0.300. The summed E-state index contributed by atoms with van der Waals surface area (Å²) in [7, 11) is 0. The van der Waals surface area contributed by atoms with Crippen molar-refractivity contribution >= 4 is 27.7 Å². The zero-order valence-electron chi connectivity index (χ0n) is 15.5. The average molecular weight is 435 g/mol. The molecule has 0 spiro atoms. The molecule has 0 fully saturated rings. The fourth-order valence-electron chi connectivity index (χ4n) is 2.24.